The van der Waals surface area contributed by atoms with E-state index in [2.05, 4.69) is 37.4 Å². The van der Waals surface area contributed by atoms with Crippen LogP contribution in [0.1, 0.15) is 69.5 Å². The minimum absolute atomic E-state index is 0.416. The molecule has 1 aromatic carbocycles. The molecule has 21 heavy (non-hydrogen) atoms. The molecule has 1 atom stereocenters. The molecule has 1 heterocycles. The third-order valence-corrected chi connectivity index (χ3v) is 5.31. The molecule has 0 aromatic heterocycles. The average molecular weight is 287 g/mol. The summed E-state index contributed by atoms with van der Waals surface area (Å²) < 4.78 is 5.77. The summed E-state index contributed by atoms with van der Waals surface area (Å²) in [5.74, 6) is 1.11. The van der Waals surface area contributed by atoms with Gasteiger partial charge in [0.1, 0.15) is 5.75 Å². The van der Waals surface area contributed by atoms with Crippen LogP contribution in [-0.2, 0) is 6.42 Å². The van der Waals surface area contributed by atoms with Gasteiger partial charge >= 0.3 is 0 Å². The molecular weight excluding hydrogens is 258 g/mol. The van der Waals surface area contributed by atoms with E-state index in [0.717, 1.165) is 25.3 Å². The van der Waals surface area contributed by atoms with Crippen molar-refractivity contribution in [1.29, 1.82) is 0 Å². The quantitative estimate of drug-likeness (QED) is 0.852. The molecule has 1 fully saturated rings. The van der Waals surface area contributed by atoms with E-state index in [0.29, 0.717) is 11.5 Å². The van der Waals surface area contributed by atoms with Gasteiger partial charge in [-0.25, -0.2) is 0 Å². The first-order chi connectivity index (χ1) is 10.2. The molecule has 0 amide bonds. The zero-order valence-electron chi connectivity index (χ0n) is 13.6. The fourth-order valence-corrected chi connectivity index (χ4v) is 4.09. The van der Waals surface area contributed by atoms with Gasteiger partial charge in [-0.1, -0.05) is 38.8 Å². The van der Waals surface area contributed by atoms with Crippen LogP contribution in [0.3, 0.4) is 0 Å². The molecule has 2 aliphatic rings. The first-order valence-electron chi connectivity index (χ1n) is 8.72. The van der Waals surface area contributed by atoms with Gasteiger partial charge in [0.05, 0.1) is 6.61 Å². The first-order valence-corrected chi connectivity index (χ1v) is 8.72. The van der Waals surface area contributed by atoms with Crippen molar-refractivity contribution in [2.75, 3.05) is 13.2 Å². The van der Waals surface area contributed by atoms with Crippen molar-refractivity contribution in [3.8, 4) is 5.75 Å². The Bertz CT molecular complexity index is 476. The largest absolute Gasteiger partial charge is 0.493 e. The highest BCUT2D eigenvalue weighted by atomic mass is 16.5. The minimum atomic E-state index is 0.416. The summed E-state index contributed by atoms with van der Waals surface area (Å²) in [5, 5.41) is 3.83. The number of hydrogen-bond donors (Lipinski definition) is 1. The summed E-state index contributed by atoms with van der Waals surface area (Å²) in [6.45, 7) is 6.71. The third kappa shape index (κ3) is 3.11. The molecule has 0 spiro atoms. The smallest absolute Gasteiger partial charge is 0.122 e. The van der Waals surface area contributed by atoms with Gasteiger partial charge in [0, 0.05) is 6.04 Å². The van der Waals surface area contributed by atoms with Gasteiger partial charge in [0.2, 0.25) is 0 Å². The number of aryl methyl sites for hydroxylation is 1. The van der Waals surface area contributed by atoms with Gasteiger partial charge < -0.3 is 10.1 Å². The Morgan fingerprint density at radius 1 is 1.24 bits per heavy atom. The standard InChI is InChI=1S/C19H29NO/c1-3-12-20-18(19(2)10-4-5-11-19)16-8-9-17-15(14-16)7-6-13-21-17/h8-9,14,18,20H,3-7,10-13H2,1-2H3. The Balaban J connectivity index is 1.88. The molecule has 1 N–H and O–H groups in total. The predicted octanol–water partition coefficient (Wildman–Crippen LogP) is 4.63. The van der Waals surface area contributed by atoms with Crippen molar-refractivity contribution in [2.45, 2.75) is 64.8 Å². The SMILES string of the molecule is CCCNC(c1ccc2c(c1)CCCO2)C1(C)CCCC1. The number of nitrogens with one attached hydrogen (secondary N) is 1. The predicted molar refractivity (Wildman–Crippen MR) is 87.9 cm³/mol. The third-order valence-electron chi connectivity index (χ3n) is 5.31. The first kappa shape index (κ1) is 14.9. The van der Waals surface area contributed by atoms with Crippen LogP contribution in [0.5, 0.6) is 5.75 Å². The zero-order chi connectivity index (χ0) is 14.7. The lowest BCUT2D eigenvalue weighted by molar-refractivity contribution is 0.223. The normalized spacial score (nSPS) is 21.6. The van der Waals surface area contributed by atoms with E-state index in [1.165, 1.54) is 49.7 Å². The molecule has 2 heteroatoms. The summed E-state index contributed by atoms with van der Waals surface area (Å²) in [6.07, 6.45) is 8.98. The summed E-state index contributed by atoms with van der Waals surface area (Å²) in [7, 11) is 0. The van der Waals surface area contributed by atoms with E-state index in [4.69, 9.17) is 4.74 Å². The number of hydrogen-bond acceptors (Lipinski definition) is 2. The average Bonchev–Trinajstić information content (AvgIpc) is 2.95. The lowest BCUT2D eigenvalue weighted by Crippen LogP contribution is -2.35. The van der Waals surface area contributed by atoms with Crippen molar-refractivity contribution < 1.29 is 4.74 Å². The van der Waals surface area contributed by atoms with Crippen molar-refractivity contribution in [2.24, 2.45) is 5.41 Å². The summed E-state index contributed by atoms with van der Waals surface area (Å²) >= 11 is 0. The molecule has 0 bridgehead atoms. The van der Waals surface area contributed by atoms with Crippen LogP contribution in [0, 0.1) is 5.41 Å². The van der Waals surface area contributed by atoms with Crippen LogP contribution in [0.4, 0.5) is 0 Å². The number of rotatable bonds is 5. The monoisotopic (exact) mass is 287 g/mol. The lowest BCUT2D eigenvalue weighted by atomic mass is 9.76. The van der Waals surface area contributed by atoms with Crippen molar-refractivity contribution in [1.82, 2.24) is 5.32 Å². The van der Waals surface area contributed by atoms with Crippen molar-refractivity contribution in [3.63, 3.8) is 0 Å². The number of fused-ring (bicyclic) bond motifs is 1. The maximum atomic E-state index is 5.77. The Morgan fingerprint density at radius 2 is 2.05 bits per heavy atom. The summed E-state index contributed by atoms with van der Waals surface area (Å²) in [4.78, 5) is 0. The molecule has 1 aromatic rings. The molecule has 0 radical (unpaired) electrons. The Morgan fingerprint density at radius 3 is 2.81 bits per heavy atom. The van der Waals surface area contributed by atoms with E-state index in [1.54, 1.807) is 0 Å². The maximum absolute atomic E-state index is 5.77. The van der Waals surface area contributed by atoms with Gasteiger partial charge in [-0.05, 0) is 61.3 Å². The van der Waals surface area contributed by atoms with Gasteiger partial charge in [-0.3, -0.25) is 0 Å². The second-order valence-corrected chi connectivity index (χ2v) is 7.07. The minimum Gasteiger partial charge on any atom is -0.493 e. The van der Waals surface area contributed by atoms with Crippen LogP contribution in [0.25, 0.3) is 0 Å². The number of benzene rings is 1. The van der Waals surface area contributed by atoms with E-state index in [1.807, 2.05) is 0 Å². The van der Waals surface area contributed by atoms with Gasteiger partial charge in [-0.15, -0.1) is 0 Å². The maximum Gasteiger partial charge on any atom is 0.122 e. The summed E-state index contributed by atoms with van der Waals surface area (Å²) in [5.41, 5.74) is 3.29. The highest BCUT2D eigenvalue weighted by Crippen LogP contribution is 2.47. The Labute approximate surface area is 129 Å². The molecule has 1 saturated carbocycles. The van der Waals surface area contributed by atoms with Gasteiger partial charge in [0.25, 0.3) is 0 Å². The van der Waals surface area contributed by atoms with E-state index in [9.17, 15) is 0 Å². The van der Waals surface area contributed by atoms with Crippen molar-refractivity contribution in [3.05, 3.63) is 29.3 Å². The highest BCUT2D eigenvalue weighted by Gasteiger charge is 2.37. The fraction of sp³-hybridized carbons (Fsp3) is 0.684. The molecule has 116 valence electrons. The van der Waals surface area contributed by atoms with E-state index >= 15 is 0 Å². The van der Waals surface area contributed by atoms with E-state index in [-0.39, 0.29) is 0 Å². The van der Waals surface area contributed by atoms with Crippen LogP contribution >= 0.6 is 0 Å². The molecule has 1 aliphatic heterocycles. The van der Waals surface area contributed by atoms with Crippen molar-refractivity contribution >= 4 is 0 Å². The zero-order valence-corrected chi connectivity index (χ0v) is 13.6. The Kier molecular flexibility index (Phi) is 4.54. The second-order valence-electron chi connectivity index (χ2n) is 7.07. The molecule has 3 rings (SSSR count). The second kappa shape index (κ2) is 6.39. The molecular formula is C19H29NO. The van der Waals surface area contributed by atoms with Crippen LogP contribution < -0.4 is 10.1 Å². The molecule has 0 saturated heterocycles. The van der Waals surface area contributed by atoms with Crippen LogP contribution in [0.15, 0.2) is 18.2 Å². The Hall–Kier alpha value is -1.02. The summed E-state index contributed by atoms with van der Waals surface area (Å²) in [6, 6.07) is 7.39. The van der Waals surface area contributed by atoms with Gasteiger partial charge in [-0.2, -0.15) is 0 Å². The van der Waals surface area contributed by atoms with Gasteiger partial charge in [0.15, 0.2) is 0 Å². The molecule has 1 unspecified atom stereocenters. The fourth-order valence-electron chi connectivity index (χ4n) is 4.09. The number of ether oxygens (including phenoxy) is 1. The topological polar surface area (TPSA) is 21.3 Å². The van der Waals surface area contributed by atoms with E-state index < -0.39 is 0 Å². The van der Waals surface area contributed by atoms with Crippen LogP contribution in [0.2, 0.25) is 0 Å². The molecule has 2 nitrogen and oxygen atoms in total. The highest BCUT2D eigenvalue weighted by molar-refractivity contribution is 5.40. The van der Waals surface area contributed by atoms with Crippen LogP contribution in [-0.4, -0.2) is 13.2 Å². The lowest BCUT2D eigenvalue weighted by Gasteiger charge is -2.36. The molecule has 1 aliphatic carbocycles.